The highest BCUT2D eigenvalue weighted by Crippen LogP contribution is 2.24. The molecule has 1 N–H and O–H groups in total. The van der Waals surface area contributed by atoms with Crippen molar-refractivity contribution in [1.82, 2.24) is 10.3 Å². The Balaban J connectivity index is 1.55. The first-order valence-electron chi connectivity index (χ1n) is 7.51. The molecule has 7 heteroatoms. The van der Waals surface area contributed by atoms with E-state index >= 15 is 0 Å². The predicted octanol–water partition coefficient (Wildman–Crippen LogP) is 3.07. The molecule has 2 heterocycles. The quantitative estimate of drug-likeness (QED) is 0.933. The maximum absolute atomic E-state index is 13.2. The van der Waals surface area contributed by atoms with Crippen LogP contribution < -0.4 is 10.2 Å². The molecular formula is C16H17F2N3OS. The number of rotatable bonds is 4. The lowest BCUT2D eigenvalue weighted by Crippen LogP contribution is -2.41. The molecule has 1 amide bonds. The minimum absolute atomic E-state index is 0.136. The van der Waals surface area contributed by atoms with Gasteiger partial charge in [-0.05, 0) is 37.0 Å². The SMILES string of the molecule is O=C(NCC1CCCN(c2nccs2)C1)c1ccc(F)c(F)c1. The number of anilines is 1. The molecular weight excluding hydrogens is 320 g/mol. The van der Waals surface area contributed by atoms with E-state index in [1.807, 2.05) is 5.38 Å². The molecule has 0 saturated carbocycles. The Morgan fingerprint density at radius 3 is 3.00 bits per heavy atom. The third kappa shape index (κ3) is 3.85. The van der Waals surface area contributed by atoms with Gasteiger partial charge < -0.3 is 10.2 Å². The molecule has 1 unspecified atom stereocenters. The van der Waals surface area contributed by atoms with Gasteiger partial charge in [-0.3, -0.25) is 4.79 Å². The fourth-order valence-electron chi connectivity index (χ4n) is 2.75. The topological polar surface area (TPSA) is 45.2 Å². The van der Waals surface area contributed by atoms with Gasteiger partial charge >= 0.3 is 0 Å². The Kier molecular flexibility index (Phi) is 4.85. The number of nitrogens with one attached hydrogen (secondary N) is 1. The average Bonchev–Trinajstić information content (AvgIpc) is 3.10. The van der Waals surface area contributed by atoms with Gasteiger partial charge in [0.05, 0.1) is 0 Å². The van der Waals surface area contributed by atoms with E-state index in [0.29, 0.717) is 12.5 Å². The van der Waals surface area contributed by atoms with Crippen LogP contribution >= 0.6 is 11.3 Å². The van der Waals surface area contributed by atoms with Gasteiger partial charge in [-0.25, -0.2) is 13.8 Å². The van der Waals surface area contributed by atoms with Gasteiger partial charge in [0.2, 0.25) is 0 Å². The van der Waals surface area contributed by atoms with Crippen LogP contribution in [-0.4, -0.2) is 30.5 Å². The van der Waals surface area contributed by atoms with E-state index in [1.54, 1.807) is 17.5 Å². The van der Waals surface area contributed by atoms with E-state index in [2.05, 4.69) is 15.2 Å². The summed E-state index contributed by atoms with van der Waals surface area (Å²) in [6.45, 7) is 2.33. The van der Waals surface area contributed by atoms with Crippen molar-refractivity contribution in [3.05, 3.63) is 47.0 Å². The smallest absolute Gasteiger partial charge is 0.251 e. The van der Waals surface area contributed by atoms with E-state index in [9.17, 15) is 13.6 Å². The van der Waals surface area contributed by atoms with Crippen molar-refractivity contribution in [1.29, 1.82) is 0 Å². The Morgan fingerprint density at radius 1 is 1.39 bits per heavy atom. The number of carbonyl (C=O) groups is 1. The highest BCUT2D eigenvalue weighted by atomic mass is 32.1. The highest BCUT2D eigenvalue weighted by Gasteiger charge is 2.22. The minimum atomic E-state index is -1.01. The van der Waals surface area contributed by atoms with E-state index < -0.39 is 11.6 Å². The molecule has 3 rings (SSSR count). The number of hydrogen-bond donors (Lipinski definition) is 1. The molecule has 23 heavy (non-hydrogen) atoms. The van der Waals surface area contributed by atoms with Crippen molar-refractivity contribution < 1.29 is 13.6 Å². The molecule has 1 saturated heterocycles. The van der Waals surface area contributed by atoms with Crippen LogP contribution in [0.3, 0.4) is 0 Å². The second-order valence-corrected chi connectivity index (χ2v) is 6.48. The number of amides is 1. The minimum Gasteiger partial charge on any atom is -0.352 e. The van der Waals surface area contributed by atoms with Crippen LogP contribution in [0.25, 0.3) is 0 Å². The van der Waals surface area contributed by atoms with Gasteiger partial charge in [-0.2, -0.15) is 0 Å². The van der Waals surface area contributed by atoms with Crippen LogP contribution in [0, 0.1) is 17.6 Å². The Morgan fingerprint density at radius 2 is 2.26 bits per heavy atom. The molecule has 4 nitrogen and oxygen atoms in total. The van der Waals surface area contributed by atoms with Crippen LogP contribution in [0.15, 0.2) is 29.8 Å². The van der Waals surface area contributed by atoms with Crippen LogP contribution in [0.4, 0.5) is 13.9 Å². The van der Waals surface area contributed by atoms with E-state index in [1.165, 1.54) is 6.07 Å². The maximum atomic E-state index is 13.2. The maximum Gasteiger partial charge on any atom is 0.251 e. The Bertz CT molecular complexity index is 678. The van der Waals surface area contributed by atoms with Gasteiger partial charge in [-0.15, -0.1) is 11.3 Å². The fourth-order valence-corrected chi connectivity index (χ4v) is 3.43. The molecule has 1 atom stereocenters. The Hall–Kier alpha value is -2.02. The summed E-state index contributed by atoms with van der Waals surface area (Å²) < 4.78 is 26.1. The van der Waals surface area contributed by atoms with Gasteiger partial charge in [0.15, 0.2) is 16.8 Å². The monoisotopic (exact) mass is 337 g/mol. The Labute approximate surface area is 137 Å². The standard InChI is InChI=1S/C16H17F2N3OS/c17-13-4-3-12(8-14(13)18)15(22)20-9-11-2-1-6-21(10-11)16-19-5-7-23-16/h3-5,7-8,11H,1-2,6,9-10H2,(H,20,22). The number of halogens is 2. The van der Waals surface area contributed by atoms with Crippen LogP contribution in [0.2, 0.25) is 0 Å². The highest BCUT2D eigenvalue weighted by molar-refractivity contribution is 7.13. The lowest BCUT2D eigenvalue weighted by Gasteiger charge is -2.32. The van der Waals surface area contributed by atoms with Crippen molar-refractivity contribution in [2.45, 2.75) is 12.8 Å². The summed E-state index contributed by atoms with van der Waals surface area (Å²) in [5, 5.41) is 5.76. The zero-order chi connectivity index (χ0) is 16.2. The zero-order valence-electron chi connectivity index (χ0n) is 12.5. The fraction of sp³-hybridized carbons (Fsp3) is 0.375. The summed E-state index contributed by atoms with van der Waals surface area (Å²) in [7, 11) is 0. The van der Waals surface area contributed by atoms with E-state index in [4.69, 9.17) is 0 Å². The third-order valence-corrected chi connectivity index (χ3v) is 4.77. The largest absolute Gasteiger partial charge is 0.352 e. The number of aromatic nitrogens is 1. The lowest BCUT2D eigenvalue weighted by molar-refractivity contribution is 0.0945. The first-order valence-corrected chi connectivity index (χ1v) is 8.39. The van der Waals surface area contributed by atoms with Crippen molar-refractivity contribution >= 4 is 22.4 Å². The zero-order valence-corrected chi connectivity index (χ0v) is 13.3. The van der Waals surface area contributed by atoms with Crippen molar-refractivity contribution in [3.8, 4) is 0 Å². The van der Waals surface area contributed by atoms with Gasteiger partial charge in [-0.1, -0.05) is 0 Å². The van der Waals surface area contributed by atoms with Crippen LogP contribution in [-0.2, 0) is 0 Å². The summed E-state index contributed by atoms with van der Waals surface area (Å²) in [4.78, 5) is 18.6. The third-order valence-electron chi connectivity index (χ3n) is 3.94. The molecule has 122 valence electrons. The summed E-state index contributed by atoms with van der Waals surface area (Å²) in [6, 6.07) is 3.18. The molecule has 1 aromatic heterocycles. The molecule has 2 aromatic rings. The lowest BCUT2D eigenvalue weighted by atomic mass is 9.98. The first kappa shape index (κ1) is 15.9. The number of benzene rings is 1. The van der Waals surface area contributed by atoms with E-state index in [0.717, 1.165) is 43.2 Å². The van der Waals surface area contributed by atoms with Crippen LogP contribution in [0.1, 0.15) is 23.2 Å². The molecule has 0 aliphatic carbocycles. The second kappa shape index (κ2) is 7.04. The summed E-state index contributed by atoms with van der Waals surface area (Å²) >= 11 is 1.61. The molecule has 1 fully saturated rings. The molecule has 1 aliphatic heterocycles. The number of nitrogens with zero attached hydrogens (tertiary/aromatic N) is 2. The predicted molar refractivity (Wildman–Crippen MR) is 85.7 cm³/mol. The number of piperidine rings is 1. The van der Waals surface area contributed by atoms with Gasteiger partial charge in [0.25, 0.3) is 5.91 Å². The van der Waals surface area contributed by atoms with Crippen molar-refractivity contribution in [2.24, 2.45) is 5.92 Å². The number of carbonyl (C=O) groups excluding carboxylic acids is 1. The summed E-state index contributed by atoms with van der Waals surface area (Å²) in [5.74, 6) is -2.02. The molecule has 1 aromatic carbocycles. The number of hydrogen-bond acceptors (Lipinski definition) is 4. The summed E-state index contributed by atoms with van der Waals surface area (Å²) in [6.07, 6.45) is 3.86. The average molecular weight is 337 g/mol. The van der Waals surface area contributed by atoms with Crippen LogP contribution in [0.5, 0.6) is 0 Å². The van der Waals surface area contributed by atoms with Gasteiger partial charge in [0, 0.05) is 36.8 Å². The second-order valence-electron chi connectivity index (χ2n) is 5.61. The number of thiazole rings is 1. The van der Waals surface area contributed by atoms with Crippen molar-refractivity contribution in [2.75, 3.05) is 24.5 Å². The van der Waals surface area contributed by atoms with Crippen molar-refractivity contribution in [3.63, 3.8) is 0 Å². The molecule has 0 radical (unpaired) electrons. The molecule has 0 spiro atoms. The van der Waals surface area contributed by atoms with Gasteiger partial charge in [0.1, 0.15) is 0 Å². The first-order chi connectivity index (χ1) is 11.1. The molecule has 0 bridgehead atoms. The summed E-state index contributed by atoms with van der Waals surface area (Å²) in [5.41, 5.74) is 0.136. The normalized spacial score (nSPS) is 18.0. The van der Waals surface area contributed by atoms with E-state index in [-0.39, 0.29) is 11.5 Å². The molecule has 1 aliphatic rings.